The summed E-state index contributed by atoms with van der Waals surface area (Å²) in [5, 5.41) is 2.70. The number of aldehydes is 1. The molecule has 2 aromatic heterocycles. The van der Waals surface area contributed by atoms with Crippen LogP contribution in [0.5, 0.6) is 5.75 Å². The van der Waals surface area contributed by atoms with Crippen molar-refractivity contribution in [2.24, 2.45) is 0 Å². The molecule has 0 N–H and O–H groups in total. The highest BCUT2D eigenvalue weighted by molar-refractivity contribution is 9.10. The van der Waals surface area contributed by atoms with E-state index >= 15 is 0 Å². The molecule has 0 aliphatic carbocycles. The molecule has 0 radical (unpaired) electrons. The first-order chi connectivity index (χ1) is 10.2. The molecular weight excluding hydrogens is 352 g/mol. The molecule has 106 valence electrons. The summed E-state index contributed by atoms with van der Waals surface area (Å²) in [5.74, 6) is 0.762. The van der Waals surface area contributed by atoms with Crippen molar-refractivity contribution < 1.29 is 9.53 Å². The minimum Gasteiger partial charge on any atom is -0.496 e. The Morgan fingerprint density at radius 3 is 3.00 bits per heavy atom. The van der Waals surface area contributed by atoms with Gasteiger partial charge in [0.05, 0.1) is 18.5 Å². The van der Waals surface area contributed by atoms with Gasteiger partial charge in [-0.25, -0.2) is 4.98 Å². The van der Waals surface area contributed by atoms with E-state index in [2.05, 4.69) is 20.9 Å². The molecule has 0 fully saturated rings. The maximum atomic E-state index is 11.0. The van der Waals surface area contributed by atoms with Gasteiger partial charge in [-0.15, -0.1) is 11.3 Å². The van der Waals surface area contributed by atoms with Crippen molar-refractivity contribution in [3.63, 3.8) is 0 Å². The van der Waals surface area contributed by atoms with Gasteiger partial charge in [-0.1, -0.05) is 15.9 Å². The Hall–Kier alpha value is -1.92. The van der Waals surface area contributed by atoms with Crippen LogP contribution >= 0.6 is 27.3 Å². The predicted octanol–water partition coefficient (Wildman–Crippen LogP) is 4.18. The predicted molar refractivity (Wildman–Crippen MR) is 86.5 cm³/mol. The zero-order valence-corrected chi connectivity index (χ0v) is 13.5. The van der Waals surface area contributed by atoms with Gasteiger partial charge in [0.2, 0.25) is 0 Å². The highest BCUT2D eigenvalue weighted by atomic mass is 79.9. The van der Waals surface area contributed by atoms with Crippen LogP contribution in [0.2, 0.25) is 0 Å². The third-order valence-electron chi connectivity index (χ3n) is 3.04. The molecule has 0 atom stereocenters. The first kappa shape index (κ1) is 14.0. The second-order valence-corrected chi connectivity index (χ2v) is 6.03. The lowest BCUT2D eigenvalue weighted by Crippen LogP contribution is -1.96. The molecule has 0 unspecified atom stereocenters. The van der Waals surface area contributed by atoms with Crippen LogP contribution in [0.25, 0.3) is 16.4 Å². The fourth-order valence-corrected chi connectivity index (χ4v) is 3.23. The molecule has 3 rings (SSSR count). The molecule has 21 heavy (non-hydrogen) atoms. The Morgan fingerprint density at radius 2 is 2.24 bits per heavy atom. The molecular formula is C15H11BrN2O2S. The lowest BCUT2D eigenvalue weighted by molar-refractivity contribution is 0.111. The lowest BCUT2D eigenvalue weighted by atomic mass is 10.1. The highest BCUT2D eigenvalue weighted by Gasteiger charge is 2.12. The fraction of sp³-hybridized carbons (Fsp3) is 0.0667. The van der Waals surface area contributed by atoms with Gasteiger partial charge in [0.15, 0.2) is 11.4 Å². The summed E-state index contributed by atoms with van der Waals surface area (Å²) in [4.78, 5) is 15.6. The van der Waals surface area contributed by atoms with E-state index < -0.39 is 0 Å². The molecule has 0 bridgehead atoms. The zero-order valence-electron chi connectivity index (χ0n) is 11.1. The Bertz CT molecular complexity index is 795. The van der Waals surface area contributed by atoms with Gasteiger partial charge in [0.1, 0.15) is 5.75 Å². The number of thiazole rings is 1. The van der Waals surface area contributed by atoms with Gasteiger partial charge < -0.3 is 4.74 Å². The summed E-state index contributed by atoms with van der Waals surface area (Å²) >= 11 is 4.94. The number of nitrogens with zero attached hydrogens (tertiary/aromatic N) is 2. The van der Waals surface area contributed by atoms with E-state index in [9.17, 15) is 4.79 Å². The Balaban J connectivity index is 2.07. The quantitative estimate of drug-likeness (QED) is 0.653. The topological polar surface area (TPSA) is 44.1 Å². The minimum atomic E-state index is 0.581. The molecule has 0 saturated carbocycles. The van der Waals surface area contributed by atoms with E-state index in [4.69, 9.17) is 4.74 Å². The molecule has 4 nitrogen and oxygen atoms in total. The smallest absolute Gasteiger partial charge is 0.194 e. The summed E-state index contributed by atoms with van der Waals surface area (Å²) in [7, 11) is 1.64. The third-order valence-corrected chi connectivity index (χ3v) is 4.37. The number of aromatic nitrogens is 2. The zero-order chi connectivity index (χ0) is 14.8. The van der Waals surface area contributed by atoms with Crippen LogP contribution in [-0.2, 0) is 0 Å². The summed E-state index contributed by atoms with van der Waals surface area (Å²) < 4.78 is 8.11. The van der Waals surface area contributed by atoms with Crippen LogP contribution in [0, 0.1) is 0 Å². The van der Waals surface area contributed by atoms with Gasteiger partial charge in [-0.05, 0) is 30.3 Å². The number of methoxy groups -OCH3 is 1. The van der Waals surface area contributed by atoms with Crippen molar-refractivity contribution >= 4 is 33.6 Å². The van der Waals surface area contributed by atoms with Crippen LogP contribution in [0.4, 0.5) is 0 Å². The number of rotatable bonds is 4. The Kier molecular flexibility index (Phi) is 3.90. The summed E-state index contributed by atoms with van der Waals surface area (Å²) in [6.45, 7) is 0. The maximum Gasteiger partial charge on any atom is 0.194 e. The molecule has 3 aromatic rings. The molecule has 1 aromatic carbocycles. The van der Waals surface area contributed by atoms with Crippen molar-refractivity contribution in [3.8, 4) is 22.1 Å². The SMILES string of the molecule is COc1ccc(Br)cc1-c1csc(-n2cccc2C=O)n1. The van der Waals surface area contributed by atoms with E-state index in [0.29, 0.717) is 5.69 Å². The molecule has 0 aliphatic heterocycles. The van der Waals surface area contributed by atoms with E-state index in [-0.39, 0.29) is 0 Å². The van der Waals surface area contributed by atoms with Crippen LogP contribution < -0.4 is 4.74 Å². The van der Waals surface area contributed by atoms with Crippen molar-refractivity contribution in [2.45, 2.75) is 0 Å². The van der Waals surface area contributed by atoms with E-state index in [1.54, 1.807) is 17.7 Å². The number of carbonyl (C=O) groups excluding carboxylic acids is 1. The van der Waals surface area contributed by atoms with Gasteiger partial charge in [0.25, 0.3) is 0 Å². The first-order valence-electron chi connectivity index (χ1n) is 6.15. The number of hydrogen-bond acceptors (Lipinski definition) is 4. The molecule has 0 aliphatic rings. The normalized spacial score (nSPS) is 10.6. The van der Waals surface area contributed by atoms with Crippen molar-refractivity contribution in [3.05, 3.63) is 52.1 Å². The van der Waals surface area contributed by atoms with Gasteiger partial charge in [-0.3, -0.25) is 9.36 Å². The molecule has 0 amide bonds. The fourth-order valence-electron chi connectivity index (χ4n) is 2.04. The second-order valence-electron chi connectivity index (χ2n) is 4.28. The van der Waals surface area contributed by atoms with Gasteiger partial charge in [-0.2, -0.15) is 0 Å². The summed E-state index contributed by atoms with van der Waals surface area (Å²) in [5.41, 5.74) is 2.31. The van der Waals surface area contributed by atoms with Crippen LogP contribution in [0.15, 0.2) is 46.4 Å². The number of halogens is 1. The Labute approximate surface area is 134 Å². The first-order valence-corrected chi connectivity index (χ1v) is 7.82. The van der Waals surface area contributed by atoms with Crippen molar-refractivity contribution in [1.82, 2.24) is 9.55 Å². The standard InChI is InChI=1S/C15H11BrN2O2S/c1-20-14-5-4-10(16)7-12(14)13-9-21-15(17-13)18-6-2-3-11(18)8-19/h2-9H,1H3. The number of carbonyl (C=O) groups is 1. The number of benzene rings is 1. The molecule has 0 saturated heterocycles. The van der Waals surface area contributed by atoms with Crippen LogP contribution in [0.1, 0.15) is 10.5 Å². The average Bonchev–Trinajstić information content (AvgIpc) is 3.15. The molecule has 0 spiro atoms. The second kappa shape index (κ2) is 5.83. The number of hydrogen-bond donors (Lipinski definition) is 0. The van der Waals surface area contributed by atoms with Gasteiger partial charge in [0, 0.05) is 21.6 Å². The van der Waals surface area contributed by atoms with Gasteiger partial charge >= 0.3 is 0 Å². The van der Waals surface area contributed by atoms with E-state index in [0.717, 1.165) is 32.9 Å². The average molecular weight is 363 g/mol. The summed E-state index contributed by atoms with van der Waals surface area (Å²) in [6.07, 6.45) is 2.64. The largest absolute Gasteiger partial charge is 0.496 e. The van der Waals surface area contributed by atoms with Crippen LogP contribution in [-0.4, -0.2) is 22.9 Å². The van der Waals surface area contributed by atoms with Crippen LogP contribution in [0.3, 0.4) is 0 Å². The number of ether oxygens (including phenoxy) is 1. The van der Waals surface area contributed by atoms with Crippen molar-refractivity contribution in [1.29, 1.82) is 0 Å². The minimum absolute atomic E-state index is 0.581. The Morgan fingerprint density at radius 1 is 1.38 bits per heavy atom. The third kappa shape index (κ3) is 2.64. The molecule has 6 heteroatoms. The lowest BCUT2D eigenvalue weighted by Gasteiger charge is -2.06. The molecule has 2 heterocycles. The van der Waals surface area contributed by atoms with E-state index in [1.165, 1.54) is 11.3 Å². The highest BCUT2D eigenvalue weighted by Crippen LogP contribution is 2.34. The summed E-state index contributed by atoms with van der Waals surface area (Å²) in [6, 6.07) is 9.36. The monoisotopic (exact) mass is 362 g/mol. The maximum absolute atomic E-state index is 11.0. The van der Waals surface area contributed by atoms with Crippen molar-refractivity contribution in [2.75, 3.05) is 7.11 Å². The van der Waals surface area contributed by atoms with E-state index in [1.807, 2.05) is 35.8 Å².